The summed E-state index contributed by atoms with van der Waals surface area (Å²) in [5.74, 6) is 1.14. The minimum atomic E-state index is 0. The minimum Gasteiger partial charge on any atom is -0.355 e. The highest BCUT2D eigenvalue weighted by Gasteiger charge is 2.28. The van der Waals surface area contributed by atoms with Crippen LogP contribution in [0.1, 0.15) is 44.7 Å². The summed E-state index contributed by atoms with van der Waals surface area (Å²) in [7, 11) is 1.82. The number of aliphatic imine (C=N–C) groups is 1. The largest absolute Gasteiger partial charge is 0.355 e. The molecule has 1 aromatic rings. The predicted molar refractivity (Wildman–Crippen MR) is 134 cm³/mol. The summed E-state index contributed by atoms with van der Waals surface area (Å²) in [4.78, 5) is 21.2. The number of amides is 1. The molecule has 6 nitrogen and oxygen atoms in total. The van der Waals surface area contributed by atoms with E-state index >= 15 is 0 Å². The lowest BCUT2D eigenvalue weighted by Gasteiger charge is -2.35. The van der Waals surface area contributed by atoms with E-state index in [0.29, 0.717) is 6.04 Å². The smallest absolute Gasteiger partial charge is 0.225 e. The second-order valence-corrected chi connectivity index (χ2v) is 8.57. The van der Waals surface area contributed by atoms with E-state index in [2.05, 4.69) is 51.7 Å². The first-order valence-corrected chi connectivity index (χ1v) is 11.1. The third-order valence-electron chi connectivity index (χ3n) is 6.21. The first-order chi connectivity index (χ1) is 14.0. The second-order valence-electron chi connectivity index (χ2n) is 8.57. The maximum Gasteiger partial charge on any atom is 0.225 e. The fourth-order valence-corrected chi connectivity index (χ4v) is 4.41. The van der Waals surface area contributed by atoms with E-state index in [1.54, 1.807) is 0 Å². The molecule has 0 bridgehead atoms. The molecule has 1 saturated heterocycles. The molecule has 2 aliphatic heterocycles. The Balaban J connectivity index is 0.00000320. The number of hydrogen-bond acceptors (Lipinski definition) is 3. The molecule has 2 unspecified atom stereocenters. The highest BCUT2D eigenvalue weighted by Crippen LogP contribution is 2.21. The summed E-state index contributed by atoms with van der Waals surface area (Å²) in [5.41, 5.74) is 2.95. The molecule has 0 saturated carbocycles. The number of rotatable bonds is 6. The quantitative estimate of drug-likeness (QED) is 0.340. The first-order valence-electron chi connectivity index (χ1n) is 11.1. The molecule has 1 amide bonds. The second kappa shape index (κ2) is 11.9. The van der Waals surface area contributed by atoms with Crippen LogP contribution in [-0.2, 0) is 17.8 Å². The van der Waals surface area contributed by atoms with Gasteiger partial charge in [0.15, 0.2) is 5.96 Å². The fraction of sp³-hybridized carbons (Fsp3) is 0.652. The molecule has 2 N–H and O–H groups in total. The summed E-state index contributed by atoms with van der Waals surface area (Å²) < 4.78 is 0. The van der Waals surface area contributed by atoms with E-state index in [0.717, 1.165) is 57.9 Å². The number of guanidine groups is 1. The number of fused-ring (bicyclic) bond motifs is 1. The van der Waals surface area contributed by atoms with Gasteiger partial charge in [-0.05, 0) is 30.4 Å². The lowest BCUT2D eigenvalue weighted by Crippen LogP contribution is -2.50. The van der Waals surface area contributed by atoms with Gasteiger partial charge in [-0.3, -0.25) is 14.7 Å². The van der Waals surface area contributed by atoms with Crippen molar-refractivity contribution in [3.8, 4) is 0 Å². The van der Waals surface area contributed by atoms with E-state index < -0.39 is 0 Å². The predicted octanol–water partition coefficient (Wildman–Crippen LogP) is 2.86. The Morgan fingerprint density at radius 3 is 2.63 bits per heavy atom. The van der Waals surface area contributed by atoms with Gasteiger partial charge in [-0.2, -0.15) is 0 Å². The average molecular weight is 527 g/mol. The topological polar surface area (TPSA) is 60.0 Å². The molecule has 0 aromatic heterocycles. The molecule has 1 fully saturated rings. The van der Waals surface area contributed by atoms with Crippen molar-refractivity contribution >= 4 is 35.8 Å². The molecular formula is C23H38IN5O. The van der Waals surface area contributed by atoms with Crippen LogP contribution in [0.15, 0.2) is 29.3 Å². The molecule has 30 heavy (non-hydrogen) atoms. The Hall–Kier alpha value is -1.35. The van der Waals surface area contributed by atoms with Crippen molar-refractivity contribution in [3.05, 3.63) is 35.4 Å². The summed E-state index contributed by atoms with van der Waals surface area (Å²) in [6.07, 6.45) is 3.20. The van der Waals surface area contributed by atoms with Crippen LogP contribution in [0.3, 0.4) is 0 Å². The molecule has 2 aliphatic rings. The molecule has 2 atom stereocenters. The third kappa shape index (κ3) is 6.33. The van der Waals surface area contributed by atoms with Gasteiger partial charge in [-0.25, -0.2) is 0 Å². The van der Waals surface area contributed by atoms with Crippen LogP contribution in [-0.4, -0.2) is 67.0 Å². The van der Waals surface area contributed by atoms with Crippen molar-refractivity contribution in [2.45, 2.75) is 58.7 Å². The molecule has 7 heteroatoms. The summed E-state index contributed by atoms with van der Waals surface area (Å²) in [5, 5.41) is 7.04. The van der Waals surface area contributed by atoms with E-state index in [9.17, 15) is 4.79 Å². The van der Waals surface area contributed by atoms with Gasteiger partial charge in [0.05, 0.1) is 0 Å². The van der Waals surface area contributed by atoms with Crippen LogP contribution in [0.2, 0.25) is 0 Å². The van der Waals surface area contributed by atoms with Gasteiger partial charge in [0.2, 0.25) is 5.91 Å². The highest BCUT2D eigenvalue weighted by atomic mass is 127. The Morgan fingerprint density at radius 1 is 1.23 bits per heavy atom. The molecule has 1 aromatic carbocycles. The number of carbonyl (C=O) groups is 1. The Bertz CT molecular complexity index is 723. The van der Waals surface area contributed by atoms with Crippen LogP contribution < -0.4 is 10.6 Å². The van der Waals surface area contributed by atoms with Crippen molar-refractivity contribution in [2.75, 3.05) is 33.2 Å². The number of benzene rings is 1. The van der Waals surface area contributed by atoms with Crippen LogP contribution in [0.25, 0.3) is 0 Å². The maximum atomic E-state index is 12.2. The Morgan fingerprint density at radius 2 is 1.97 bits per heavy atom. The van der Waals surface area contributed by atoms with Gasteiger partial charge in [0, 0.05) is 57.8 Å². The van der Waals surface area contributed by atoms with E-state index in [4.69, 9.17) is 0 Å². The lowest BCUT2D eigenvalue weighted by atomic mass is 9.98. The van der Waals surface area contributed by atoms with Gasteiger partial charge < -0.3 is 15.5 Å². The van der Waals surface area contributed by atoms with Crippen LogP contribution >= 0.6 is 24.0 Å². The van der Waals surface area contributed by atoms with E-state index in [1.165, 1.54) is 11.1 Å². The van der Waals surface area contributed by atoms with Crippen LogP contribution in [0.5, 0.6) is 0 Å². The molecule has 3 rings (SSSR count). The van der Waals surface area contributed by atoms with Gasteiger partial charge in [0.25, 0.3) is 0 Å². The van der Waals surface area contributed by atoms with Gasteiger partial charge >= 0.3 is 0 Å². The number of carbonyl (C=O) groups excluding carboxylic acids is 1. The molecule has 0 radical (unpaired) electrons. The van der Waals surface area contributed by atoms with Crippen molar-refractivity contribution in [2.24, 2.45) is 10.9 Å². The molecule has 0 aliphatic carbocycles. The highest BCUT2D eigenvalue weighted by molar-refractivity contribution is 14.0. The number of nitrogens with one attached hydrogen (secondary N) is 2. The molecule has 0 spiro atoms. The summed E-state index contributed by atoms with van der Waals surface area (Å²) in [6, 6.07) is 9.54. The van der Waals surface area contributed by atoms with Crippen molar-refractivity contribution in [1.29, 1.82) is 0 Å². The SMILES string of the molecule is CCC(CNC(=NC)NC1CCN(C(=O)C(C)C)C1)N1CCc2ccccc2C1.I. The van der Waals surface area contributed by atoms with E-state index in [1.807, 2.05) is 25.8 Å². The first kappa shape index (κ1) is 24.9. The average Bonchev–Trinajstić information content (AvgIpc) is 3.20. The lowest BCUT2D eigenvalue weighted by molar-refractivity contribution is -0.133. The Kier molecular flexibility index (Phi) is 9.87. The fourth-order valence-electron chi connectivity index (χ4n) is 4.41. The number of likely N-dealkylation sites (tertiary alicyclic amines) is 1. The summed E-state index contributed by atoms with van der Waals surface area (Å²) in [6.45, 7) is 10.8. The molecular weight excluding hydrogens is 489 g/mol. The maximum absolute atomic E-state index is 12.2. The third-order valence-corrected chi connectivity index (χ3v) is 6.21. The van der Waals surface area contributed by atoms with Crippen molar-refractivity contribution in [3.63, 3.8) is 0 Å². The van der Waals surface area contributed by atoms with Crippen molar-refractivity contribution in [1.82, 2.24) is 20.4 Å². The zero-order valence-electron chi connectivity index (χ0n) is 18.9. The minimum absolute atomic E-state index is 0. The normalized spacial score (nSPS) is 20.5. The zero-order chi connectivity index (χ0) is 20.8. The monoisotopic (exact) mass is 527 g/mol. The van der Waals surface area contributed by atoms with Gasteiger partial charge in [-0.1, -0.05) is 45.0 Å². The summed E-state index contributed by atoms with van der Waals surface area (Å²) >= 11 is 0. The van der Waals surface area contributed by atoms with Gasteiger partial charge in [0.1, 0.15) is 0 Å². The Labute approximate surface area is 198 Å². The number of nitrogens with zero attached hydrogens (tertiary/aromatic N) is 3. The zero-order valence-corrected chi connectivity index (χ0v) is 21.2. The van der Waals surface area contributed by atoms with Crippen LogP contribution in [0, 0.1) is 5.92 Å². The van der Waals surface area contributed by atoms with Crippen molar-refractivity contribution < 1.29 is 4.79 Å². The van der Waals surface area contributed by atoms with E-state index in [-0.39, 0.29) is 41.8 Å². The number of halogens is 1. The van der Waals surface area contributed by atoms with Gasteiger partial charge in [-0.15, -0.1) is 24.0 Å². The molecule has 2 heterocycles. The standard InChI is InChI=1S/C23H37N5O.HI/c1-5-21(27-12-10-18-8-6-7-9-19(18)15-27)14-25-23(24-4)26-20-11-13-28(16-20)22(29)17(2)3;/h6-9,17,20-21H,5,10-16H2,1-4H3,(H2,24,25,26);1H. The van der Waals surface area contributed by atoms with Crippen LogP contribution in [0.4, 0.5) is 0 Å². The molecule has 168 valence electrons. The number of hydrogen-bond donors (Lipinski definition) is 2.